The zero-order valence-corrected chi connectivity index (χ0v) is 11.6. The molecule has 1 aliphatic rings. The van der Waals surface area contributed by atoms with Crippen LogP contribution in [0.5, 0.6) is 0 Å². The Kier molecular flexibility index (Phi) is 3.81. The van der Waals surface area contributed by atoms with Gasteiger partial charge in [0.2, 0.25) is 0 Å². The van der Waals surface area contributed by atoms with Gasteiger partial charge in [0.05, 0.1) is 0 Å². The van der Waals surface area contributed by atoms with E-state index in [4.69, 9.17) is 0 Å². The minimum Gasteiger partial charge on any atom is -0.480 e. The van der Waals surface area contributed by atoms with Gasteiger partial charge in [-0.2, -0.15) is 0 Å². The number of rotatable bonds is 4. The second-order valence-corrected chi connectivity index (χ2v) is 5.18. The van der Waals surface area contributed by atoms with Gasteiger partial charge < -0.3 is 10.0 Å². The number of aliphatic carboxylic acids is 1. The van der Waals surface area contributed by atoms with Gasteiger partial charge >= 0.3 is 5.97 Å². The Hall–Kier alpha value is -2.43. The van der Waals surface area contributed by atoms with Crippen molar-refractivity contribution in [1.29, 1.82) is 0 Å². The van der Waals surface area contributed by atoms with Crippen LogP contribution in [0.4, 0.5) is 5.82 Å². The van der Waals surface area contributed by atoms with E-state index in [9.17, 15) is 9.90 Å². The number of hydrogen-bond acceptors (Lipinski definition) is 4. The summed E-state index contributed by atoms with van der Waals surface area (Å²) < 4.78 is 0. The highest BCUT2D eigenvalue weighted by molar-refractivity contribution is 5.78. The Bertz CT molecular complexity index is 630. The van der Waals surface area contributed by atoms with E-state index in [2.05, 4.69) is 9.97 Å². The number of benzene rings is 1. The summed E-state index contributed by atoms with van der Waals surface area (Å²) in [6, 6.07) is 11.3. The van der Waals surface area contributed by atoms with Crippen LogP contribution in [0, 0.1) is 0 Å². The molecule has 1 atom stereocenters. The maximum absolute atomic E-state index is 11.3. The van der Waals surface area contributed by atoms with Crippen LogP contribution in [-0.2, 0) is 11.2 Å². The Morgan fingerprint density at radius 2 is 2.10 bits per heavy atom. The summed E-state index contributed by atoms with van der Waals surface area (Å²) in [5.41, 5.74) is 1.14. The molecule has 1 saturated heterocycles. The molecule has 2 heterocycles. The Morgan fingerprint density at radius 3 is 2.86 bits per heavy atom. The van der Waals surface area contributed by atoms with Crippen molar-refractivity contribution in [3.63, 3.8) is 0 Å². The highest BCUT2D eigenvalue weighted by Crippen LogP contribution is 2.24. The lowest BCUT2D eigenvalue weighted by atomic mass is 10.1. The molecule has 1 unspecified atom stereocenters. The van der Waals surface area contributed by atoms with Crippen LogP contribution in [0.15, 0.2) is 42.6 Å². The van der Waals surface area contributed by atoms with Crippen molar-refractivity contribution in [3.8, 4) is 0 Å². The van der Waals surface area contributed by atoms with Crippen LogP contribution < -0.4 is 4.90 Å². The van der Waals surface area contributed by atoms with Crippen molar-refractivity contribution in [2.24, 2.45) is 0 Å². The smallest absolute Gasteiger partial charge is 0.326 e. The normalized spacial score (nSPS) is 17.9. The molecule has 3 rings (SSSR count). The molecule has 1 aromatic carbocycles. The average molecular weight is 283 g/mol. The molecule has 0 spiro atoms. The maximum Gasteiger partial charge on any atom is 0.326 e. The first kappa shape index (κ1) is 13.5. The molecule has 1 aromatic heterocycles. The quantitative estimate of drug-likeness (QED) is 0.931. The zero-order chi connectivity index (χ0) is 14.7. The molecule has 108 valence electrons. The van der Waals surface area contributed by atoms with Crippen LogP contribution in [0.3, 0.4) is 0 Å². The molecular weight excluding hydrogens is 266 g/mol. The second kappa shape index (κ2) is 5.91. The fraction of sp³-hybridized carbons (Fsp3) is 0.312. The molecule has 1 N–H and O–H groups in total. The molecule has 0 radical (unpaired) electrons. The van der Waals surface area contributed by atoms with Gasteiger partial charge in [0.15, 0.2) is 0 Å². The predicted octanol–water partition coefficient (Wildman–Crippen LogP) is 2.12. The van der Waals surface area contributed by atoms with Gasteiger partial charge in [-0.15, -0.1) is 0 Å². The SMILES string of the molecule is O=C(O)C1CCCN1c1ccnc(Cc2ccccc2)n1. The second-order valence-electron chi connectivity index (χ2n) is 5.18. The van der Waals surface area contributed by atoms with E-state index >= 15 is 0 Å². The first-order valence-electron chi connectivity index (χ1n) is 7.09. The van der Waals surface area contributed by atoms with Gasteiger partial charge in [-0.25, -0.2) is 14.8 Å². The Morgan fingerprint density at radius 1 is 1.29 bits per heavy atom. The van der Waals surface area contributed by atoms with Crippen molar-refractivity contribution in [3.05, 3.63) is 54.0 Å². The zero-order valence-electron chi connectivity index (χ0n) is 11.6. The number of carbonyl (C=O) groups is 1. The topological polar surface area (TPSA) is 66.3 Å². The van der Waals surface area contributed by atoms with Gasteiger partial charge in [-0.05, 0) is 24.5 Å². The van der Waals surface area contributed by atoms with Crippen molar-refractivity contribution in [1.82, 2.24) is 9.97 Å². The first-order valence-corrected chi connectivity index (χ1v) is 7.09. The standard InChI is InChI=1S/C16H17N3O2/c20-16(21)13-7-4-10-19(13)15-8-9-17-14(18-15)11-12-5-2-1-3-6-12/h1-3,5-6,8-9,13H,4,7,10-11H2,(H,20,21). The van der Waals surface area contributed by atoms with E-state index in [1.807, 2.05) is 35.2 Å². The van der Waals surface area contributed by atoms with Crippen molar-refractivity contribution in [2.75, 3.05) is 11.4 Å². The lowest BCUT2D eigenvalue weighted by Crippen LogP contribution is -2.36. The number of hydrogen-bond donors (Lipinski definition) is 1. The fourth-order valence-electron chi connectivity index (χ4n) is 2.71. The molecule has 1 aliphatic heterocycles. The van der Waals surface area contributed by atoms with Gasteiger partial charge in [0.25, 0.3) is 0 Å². The van der Waals surface area contributed by atoms with E-state index in [1.165, 1.54) is 0 Å². The minimum atomic E-state index is -0.782. The van der Waals surface area contributed by atoms with E-state index in [0.717, 1.165) is 24.4 Å². The summed E-state index contributed by atoms with van der Waals surface area (Å²) in [6.45, 7) is 0.735. The third kappa shape index (κ3) is 3.02. The molecule has 5 heteroatoms. The lowest BCUT2D eigenvalue weighted by Gasteiger charge is -2.22. The van der Waals surface area contributed by atoms with Crippen LogP contribution in [0.2, 0.25) is 0 Å². The average Bonchev–Trinajstić information content (AvgIpc) is 2.98. The largest absolute Gasteiger partial charge is 0.480 e. The summed E-state index contributed by atoms with van der Waals surface area (Å²) in [5.74, 6) is 0.645. The Balaban J connectivity index is 1.81. The van der Waals surface area contributed by atoms with E-state index in [-0.39, 0.29) is 0 Å². The molecule has 0 amide bonds. The van der Waals surface area contributed by atoms with Crippen LogP contribution >= 0.6 is 0 Å². The van der Waals surface area contributed by atoms with Crippen molar-refractivity contribution in [2.45, 2.75) is 25.3 Å². The lowest BCUT2D eigenvalue weighted by molar-refractivity contribution is -0.138. The van der Waals surface area contributed by atoms with Crippen LogP contribution in [0.25, 0.3) is 0 Å². The van der Waals surface area contributed by atoms with Gasteiger partial charge in [0, 0.05) is 19.2 Å². The van der Waals surface area contributed by atoms with E-state index in [0.29, 0.717) is 18.7 Å². The molecule has 2 aromatic rings. The third-order valence-electron chi connectivity index (χ3n) is 3.73. The molecule has 21 heavy (non-hydrogen) atoms. The van der Waals surface area contributed by atoms with Crippen molar-refractivity contribution >= 4 is 11.8 Å². The summed E-state index contributed by atoms with van der Waals surface area (Å²) in [7, 11) is 0. The number of anilines is 1. The van der Waals surface area contributed by atoms with Gasteiger partial charge in [-0.1, -0.05) is 30.3 Å². The Labute approximate surface area is 123 Å². The molecule has 0 bridgehead atoms. The van der Waals surface area contributed by atoms with Crippen LogP contribution in [-0.4, -0.2) is 33.6 Å². The summed E-state index contributed by atoms with van der Waals surface area (Å²) in [4.78, 5) is 22.0. The van der Waals surface area contributed by atoms with E-state index < -0.39 is 12.0 Å². The van der Waals surface area contributed by atoms with Crippen LogP contribution in [0.1, 0.15) is 24.2 Å². The van der Waals surface area contributed by atoms with Gasteiger partial charge in [-0.3, -0.25) is 0 Å². The maximum atomic E-state index is 11.3. The fourth-order valence-corrected chi connectivity index (χ4v) is 2.71. The minimum absolute atomic E-state index is 0.468. The molecule has 5 nitrogen and oxygen atoms in total. The summed E-state index contributed by atoms with van der Waals surface area (Å²) >= 11 is 0. The number of aromatic nitrogens is 2. The van der Waals surface area contributed by atoms with Gasteiger partial charge in [0.1, 0.15) is 17.7 Å². The predicted molar refractivity (Wildman–Crippen MR) is 79.3 cm³/mol. The molecule has 1 fully saturated rings. The molecule has 0 saturated carbocycles. The third-order valence-corrected chi connectivity index (χ3v) is 3.73. The number of nitrogens with zero attached hydrogens (tertiary/aromatic N) is 3. The van der Waals surface area contributed by atoms with Crippen molar-refractivity contribution < 1.29 is 9.90 Å². The van der Waals surface area contributed by atoms with E-state index in [1.54, 1.807) is 12.3 Å². The first-order chi connectivity index (χ1) is 10.2. The summed E-state index contributed by atoms with van der Waals surface area (Å²) in [5, 5.41) is 9.26. The summed E-state index contributed by atoms with van der Waals surface area (Å²) in [6.07, 6.45) is 3.92. The molecule has 0 aliphatic carbocycles. The number of carboxylic acid groups (broad SMARTS) is 1. The monoisotopic (exact) mass is 283 g/mol. The highest BCUT2D eigenvalue weighted by atomic mass is 16.4. The number of carboxylic acids is 1. The molecular formula is C16H17N3O2. The highest BCUT2D eigenvalue weighted by Gasteiger charge is 2.31.